The first kappa shape index (κ1) is 9.51. The molecule has 0 radical (unpaired) electrons. The molecule has 0 fully saturated rings. The van der Waals surface area contributed by atoms with Gasteiger partial charge in [-0.1, -0.05) is 37.3 Å². The van der Waals surface area contributed by atoms with Gasteiger partial charge in [-0.25, -0.2) is 0 Å². The van der Waals surface area contributed by atoms with Gasteiger partial charge >= 0.3 is 0 Å². The zero-order valence-corrected chi connectivity index (χ0v) is 7.28. The molecule has 0 nitrogen and oxygen atoms in total. The predicted molar refractivity (Wildman–Crippen MR) is 48.2 cm³/mol. The van der Waals surface area contributed by atoms with Gasteiger partial charge in [0.15, 0.2) is 0 Å². The van der Waals surface area contributed by atoms with Crippen molar-refractivity contribution in [2.45, 2.75) is 20.3 Å². The lowest BCUT2D eigenvalue weighted by molar-refractivity contribution is 1.22. The molecule has 0 aliphatic carbocycles. The van der Waals surface area contributed by atoms with Crippen molar-refractivity contribution in [3.05, 3.63) is 35.4 Å². The van der Waals surface area contributed by atoms with Gasteiger partial charge in [0.2, 0.25) is 0 Å². The van der Waals surface area contributed by atoms with Crippen LogP contribution in [0.2, 0.25) is 0 Å². The molecule has 0 aromatic carbocycles. The zero-order valence-electron chi connectivity index (χ0n) is 6.52. The van der Waals surface area contributed by atoms with E-state index >= 15 is 0 Å². The van der Waals surface area contributed by atoms with Gasteiger partial charge in [0.05, 0.1) is 0 Å². The fourth-order valence-electron chi connectivity index (χ4n) is 0.431. The first-order valence-corrected chi connectivity index (χ1v) is 3.74. The van der Waals surface area contributed by atoms with E-state index in [-0.39, 0.29) is 0 Å². The topological polar surface area (TPSA) is 0 Å². The molecule has 0 aliphatic heterocycles. The highest BCUT2D eigenvalue weighted by molar-refractivity contribution is 6.31. The van der Waals surface area contributed by atoms with Crippen LogP contribution >= 0.6 is 11.6 Å². The van der Waals surface area contributed by atoms with E-state index < -0.39 is 0 Å². The highest BCUT2D eigenvalue weighted by Crippen LogP contribution is 2.10. The molecule has 0 unspecified atom stereocenters. The van der Waals surface area contributed by atoms with Crippen LogP contribution in [0.3, 0.4) is 0 Å². The van der Waals surface area contributed by atoms with E-state index in [2.05, 4.69) is 13.5 Å². The maximum Gasteiger partial charge on any atom is 0.0429 e. The Balaban J connectivity index is 3.92. The average molecular weight is 157 g/mol. The molecule has 0 atom stereocenters. The van der Waals surface area contributed by atoms with Crippen LogP contribution in [0.4, 0.5) is 0 Å². The van der Waals surface area contributed by atoms with E-state index in [0.717, 1.165) is 17.0 Å². The molecule has 0 aliphatic rings. The van der Waals surface area contributed by atoms with Crippen LogP contribution in [0.25, 0.3) is 0 Å². The van der Waals surface area contributed by atoms with Crippen LogP contribution in [0.1, 0.15) is 20.3 Å². The largest absolute Gasteiger partial charge is 0.0946 e. The Labute approximate surface area is 67.9 Å². The standard InChI is InChI=1S/C9H13Cl/c1-4-5-6-7-9(10)8(2)3/h5-7H,2,4H2,1,3H3/b6-5-,9-7+. The van der Waals surface area contributed by atoms with Crippen LogP contribution in [-0.4, -0.2) is 0 Å². The van der Waals surface area contributed by atoms with E-state index in [4.69, 9.17) is 11.6 Å². The minimum absolute atomic E-state index is 0.727. The maximum absolute atomic E-state index is 5.76. The second kappa shape index (κ2) is 5.31. The van der Waals surface area contributed by atoms with Crippen molar-refractivity contribution in [3.8, 4) is 0 Å². The monoisotopic (exact) mass is 156 g/mol. The lowest BCUT2D eigenvalue weighted by atomic mass is 10.3. The highest BCUT2D eigenvalue weighted by Gasteiger charge is 1.86. The van der Waals surface area contributed by atoms with Gasteiger partial charge in [-0.05, 0) is 25.0 Å². The second-order valence-electron chi connectivity index (χ2n) is 2.13. The summed E-state index contributed by atoms with van der Waals surface area (Å²) in [7, 11) is 0. The molecule has 0 spiro atoms. The molecule has 10 heavy (non-hydrogen) atoms. The molecular formula is C9H13Cl. The number of allylic oxidation sites excluding steroid dienone is 5. The smallest absolute Gasteiger partial charge is 0.0429 e. The third-order valence-electron chi connectivity index (χ3n) is 1.02. The Hall–Kier alpha value is -0.490. The van der Waals surface area contributed by atoms with E-state index in [1.807, 2.05) is 25.2 Å². The Kier molecular flexibility index (Phi) is 5.05. The Morgan fingerprint density at radius 1 is 1.60 bits per heavy atom. The maximum atomic E-state index is 5.76. The van der Waals surface area contributed by atoms with Gasteiger partial charge in [-0.3, -0.25) is 0 Å². The lowest BCUT2D eigenvalue weighted by Gasteiger charge is -1.90. The van der Waals surface area contributed by atoms with E-state index in [1.54, 1.807) is 0 Å². The molecule has 0 N–H and O–H groups in total. The molecular weight excluding hydrogens is 144 g/mol. The fourth-order valence-corrected chi connectivity index (χ4v) is 0.504. The van der Waals surface area contributed by atoms with E-state index in [0.29, 0.717) is 0 Å². The summed E-state index contributed by atoms with van der Waals surface area (Å²) in [5.41, 5.74) is 0.905. The van der Waals surface area contributed by atoms with Crippen molar-refractivity contribution in [1.82, 2.24) is 0 Å². The van der Waals surface area contributed by atoms with Crippen molar-refractivity contribution in [3.63, 3.8) is 0 Å². The minimum Gasteiger partial charge on any atom is -0.0946 e. The Morgan fingerprint density at radius 2 is 2.20 bits per heavy atom. The van der Waals surface area contributed by atoms with E-state index in [1.165, 1.54) is 0 Å². The summed E-state index contributed by atoms with van der Waals surface area (Å²) in [6.07, 6.45) is 6.88. The van der Waals surface area contributed by atoms with Gasteiger partial charge in [-0.15, -0.1) is 0 Å². The molecule has 0 bridgehead atoms. The first-order chi connectivity index (χ1) is 4.68. The van der Waals surface area contributed by atoms with Gasteiger partial charge < -0.3 is 0 Å². The second-order valence-corrected chi connectivity index (χ2v) is 2.54. The molecule has 0 amide bonds. The highest BCUT2D eigenvalue weighted by atomic mass is 35.5. The van der Waals surface area contributed by atoms with Crippen molar-refractivity contribution in [2.24, 2.45) is 0 Å². The fraction of sp³-hybridized carbons (Fsp3) is 0.333. The number of rotatable bonds is 3. The number of halogens is 1. The molecule has 0 saturated carbocycles. The summed E-state index contributed by atoms with van der Waals surface area (Å²) in [5, 5.41) is 0.727. The summed E-state index contributed by atoms with van der Waals surface area (Å²) in [6, 6.07) is 0. The summed E-state index contributed by atoms with van der Waals surface area (Å²) in [6.45, 7) is 7.67. The number of hydrogen-bond donors (Lipinski definition) is 0. The van der Waals surface area contributed by atoms with Crippen molar-refractivity contribution < 1.29 is 0 Å². The normalized spacial score (nSPS) is 12.5. The van der Waals surface area contributed by atoms with Gasteiger partial charge in [0, 0.05) is 5.03 Å². The number of hydrogen-bond acceptors (Lipinski definition) is 0. The third kappa shape index (κ3) is 4.39. The molecule has 0 aromatic heterocycles. The Morgan fingerprint density at radius 3 is 2.60 bits per heavy atom. The van der Waals surface area contributed by atoms with Crippen molar-refractivity contribution in [1.29, 1.82) is 0 Å². The molecule has 56 valence electrons. The van der Waals surface area contributed by atoms with Crippen LogP contribution in [-0.2, 0) is 0 Å². The summed E-state index contributed by atoms with van der Waals surface area (Å²) in [5.74, 6) is 0. The van der Waals surface area contributed by atoms with Crippen molar-refractivity contribution >= 4 is 11.6 Å². The molecule has 0 heterocycles. The zero-order chi connectivity index (χ0) is 7.98. The van der Waals surface area contributed by atoms with Gasteiger partial charge in [0.1, 0.15) is 0 Å². The van der Waals surface area contributed by atoms with Gasteiger partial charge in [-0.2, -0.15) is 0 Å². The van der Waals surface area contributed by atoms with Crippen LogP contribution < -0.4 is 0 Å². The van der Waals surface area contributed by atoms with Crippen molar-refractivity contribution in [2.75, 3.05) is 0 Å². The van der Waals surface area contributed by atoms with Crippen LogP contribution in [0.15, 0.2) is 35.4 Å². The lowest BCUT2D eigenvalue weighted by Crippen LogP contribution is -1.69. The van der Waals surface area contributed by atoms with Crippen LogP contribution in [0.5, 0.6) is 0 Å². The average Bonchev–Trinajstić information content (AvgIpc) is 1.88. The summed E-state index contributed by atoms with van der Waals surface area (Å²) in [4.78, 5) is 0. The minimum atomic E-state index is 0.727. The quantitative estimate of drug-likeness (QED) is 0.548. The summed E-state index contributed by atoms with van der Waals surface area (Å²) < 4.78 is 0. The molecule has 0 saturated heterocycles. The first-order valence-electron chi connectivity index (χ1n) is 3.36. The summed E-state index contributed by atoms with van der Waals surface area (Å²) >= 11 is 5.76. The third-order valence-corrected chi connectivity index (χ3v) is 1.47. The molecule has 0 aromatic rings. The molecule has 0 rings (SSSR count). The molecule has 1 heteroatoms. The SMILES string of the molecule is C=C(C)/C(Cl)=C\C=C/CC. The Bertz CT molecular complexity index is 164. The van der Waals surface area contributed by atoms with Gasteiger partial charge in [0.25, 0.3) is 0 Å². The predicted octanol–water partition coefficient (Wildman–Crippen LogP) is 3.65. The van der Waals surface area contributed by atoms with Crippen LogP contribution in [0, 0.1) is 0 Å². The van der Waals surface area contributed by atoms with E-state index in [9.17, 15) is 0 Å².